The largest absolute Gasteiger partial charge is 0.454 e. The zero-order chi connectivity index (χ0) is 26.3. The monoisotopic (exact) mass is 508 g/mol. The van der Waals surface area contributed by atoms with Crippen molar-refractivity contribution in [2.45, 2.75) is 19.6 Å². The van der Waals surface area contributed by atoms with Crippen molar-refractivity contribution in [2.24, 2.45) is 0 Å². The van der Waals surface area contributed by atoms with Gasteiger partial charge in [0.1, 0.15) is 0 Å². The molecule has 5 rings (SSSR count). The highest BCUT2D eigenvalue weighted by Crippen LogP contribution is 2.37. The van der Waals surface area contributed by atoms with E-state index < -0.39 is 23.4 Å². The number of nitrogens with zero attached hydrogens (tertiary/aromatic N) is 1. The Morgan fingerprint density at radius 3 is 2.41 bits per heavy atom. The van der Waals surface area contributed by atoms with Crippen LogP contribution in [0.4, 0.5) is 18.9 Å². The first kappa shape index (κ1) is 24.1. The van der Waals surface area contributed by atoms with Gasteiger partial charge < -0.3 is 19.4 Å². The number of Topliss-reactive ketones (excluding diaryl/α,β-unsaturated/α-hetero) is 2. The molecular formula is C27H19F3N2O5. The molecular weight excluding hydrogens is 489 g/mol. The molecule has 10 heteroatoms. The van der Waals surface area contributed by atoms with Gasteiger partial charge in [0, 0.05) is 35.3 Å². The lowest BCUT2D eigenvalue weighted by atomic mass is 10.1. The molecule has 0 fully saturated rings. The van der Waals surface area contributed by atoms with Crippen LogP contribution in [0.5, 0.6) is 11.5 Å². The number of ketones is 2. The zero-order valence-corrected chi connectivity index (χ0v) is 19.4. The molecule has 2 heterocycles. The lowest BCUT2D eigenvalue weighted by Gasteiger charge is -2.10. The maximum Gasteiger partial charge on any atom is 0.416 e. The number of ether oxygens (including phenoxy) is 2. The van der Waals surface area contributed by atoms with Crippen LogP contribution in [0.3, 0.4) is 0 Å². The van der Waals surface area contributed by atoms with E-state index in [1.165, 1.54) is 31.3 Å². The Morgan fingerprint density at radius 2 is 1.68 bits per heavy atom. The van der Waals surface area contributed by atoms with Crippen LogP contribution in [0.25, 0.3) is 10.9 Å². The number of fused-ring (bicyclic) bond motifs is 2. The second kappa shape index (κ2) is 9.12. The van der Waals surface area contributed by atoms with E-state index in [9.17, 15) is 27.6 Å². The first-order valence-corrected chi connectivity index (χ1v) is 11.2. The number of aromatic nitrogens is 1. The molecule has 1 aliphatic heterocycles. The van der Waals surface area contributed by atoms with Crippen molar-refractivity contribution >= 4 is 34.1 Å². The van der Waals surface area contributed by atoms with Gasteiger partial charge in [-0.3, -0.25) is 14.4 Å². The van der Waals surface area contributed by atoms with Crippen molar-refractivity contribution in [3.8, 4) is 11.5 Å². The first-order valence-electron chi connectivity index (χ1n) is 11.2. The molecule has 0 unspecified atom stereocenters. The minimum Gasteiger partial charge on any atom is -0.454 e. The topological polar surface area (TPSA) is 86.6 Å². The molecule has 0 saturated carbocycles. The molecule has 0 radical (unpaired) electrons. The van der Waals surface area contributed by atoms with Gasteiger partial charge >= 0.3 is 6.18 Å². The second-order valence-corrected chi connectivity index (χ2v) is 8.48. The number of carbonyl (C=O) groups excluding carboxylic acids is 3. The summed E-state index contributed by atoms with van der Waals surface area (Å²) >= 11 is 0. The zero-order valence-electron chi connectivity index (χ0n) is 19.4. The molecule has 0 atom stereocenters. The third kappa shape index (κ3) is 4.65. The number of hydrogen-bond donors (Lipinski definition) is 1. The second-order valence-electron chi connectivity index (χ2n) is 8.48. The van der Waals surface area contributed by atoms with Crippen LogP contribution in [0.1, 0.15) is 38.8 Å². The molecule has 4 aromatic rings. The van der Waals surface area contributed by atoms with Gasteiger partial charge in [-0.25, -0.2) is 0 Å². The SMILES string of the molecule is CC(=O)c1cc2c(cc1NC(=O)C(=O)c1cn(Cc3cccc(C(F)(F)F)c3)c3ccccc13)OCO2. The highest BCUT2D eigenvalue weighted by molar-refractivity contribution is 6.48. The Hall–Kier alpha value is -4.60. The Morgan fingerprint density at radius 1 is 0.946 bits per heavy atom. The third-order valence-electron chi connectivity index (χ3n) is 5.99. The first-order chi connectivity index (χ1) is 17.6. The van der Waals surface area contributed by atoms with Crippen molar-refractivity contribution in [1.29, 1.82) is 0 Å². The third-order valence-corrected chi connectivity index (χ3v) is 5.99. The standard InChI is InChI=1S/C27H19F3N2O5/c1-15(33)19-10-23-24(37-14-36-23)11-21(19)31-26(35)25(34)20-13-32(22-8-3-2-7-18(20)22)12-16-5-4-6-17(9-16)27(28,29)30/h2-11,13H,12,14H2,1H3,(H,31,35). The summed E-state index contributed by atoms with van der Waals surface area (Å²) in [6, 6.07) is 14.6. The fraction of sp³-hybridized carbons (Fsp3) is 0.148. The van der Waals surface area contributed by atoms with Gasteiger partial charge in [0.05, 0.1) is 16.8 Å². The summed E-state index contributed by atoms with van der Waals surface area (Å²) in [5, 5.41) is 2.95. The molecule has 7 nitrogen and oxygen atoms in total. The number of benzene rings is 3. The molecule has 0 spiro atoms. The molecule has 188 valence electrons. The molecule has 3 aromatic carbocycles. The Balaban J connectivity index is 1.46. The van der Waals surface area contributed by atoms with Crippen molar-refractivity contribution < 1.29 is 37.0 Å². The van der Waals surface area contributed by atoms with E-state index in [-0.39, 0.29) is 35.9 Å². The lowest BCUT2D eigenvalue weighted by molar-refractivity contribution is -0.137. The molecule has 1 N–H and O–H groups in total. The Labute approximate surface area is 208 Å². The molecule has 1 aliphatic rings. The van der Waals surface area contributed by atoms with E-state index in [4.69, 9.17) is 9.47 Å². The van der Waals surface area contributed by atoms with Gasteiger partial charge in [-0.2, -0.15) is 13.2 Å². The van der Waals surface area contributed by atoms with Crippen molar-refractivity contribution in [3.63, 3.8) is 0 Å². The number of nitrogens with one attached hydrogen (secondary N) is 1. The van der Waals surface area contributed by atoms with E-state index in [2.05, 4.69) is 5.32 Å². The maximum atomic E-state index is 13.2. The summed E-state index contributed by atoms with van der Waals surface area (Å²) in [5.74, 6) is -1.52. The van der Waals surface area contributed by atoms with E-state index in [0.29, 0.717) is 28.0 Å². The molecule has 0 saturated heterocycles. The van der Waals surface area contributed by atoms with Crippen LogP contribution >= 0.6 is 0 Å². The molecule has 0 bridgehead atoms. The quantitative estimate of drug-likeness (QED) is 0.276. The van der Waals surface area contributed by atoms with E-state index in [0.717, 1.165) is 12.1 Å². The van der Waals surface area contributed by atoms with E-state index >= 15 is 0 Å². The average molecular weight is 508 g/mol. The fourth-order valence-corrected chi connectivity index (χ4v) is 4.24. The van der Waals surface area contributed by atoms with Crippen LogP contribution in [0.15, 0.2) is 66.9 Å². The van der Waals surface area contributed by atoms with Gasteiger partial charge in [-0.1, -0.05) is 30.3 Å². The summed E-state index contributed by atoms with van der Waals surface area (Å²) in [7, 11) is 0. The minimum absolute atomic E-state index is 0.0333. The summed E-state index contributed by atoms with van der Waals surface area (Å²) < 4.78 is 51.7. The number of alkyl halides is 3. The number of para-hydroxylation sites is 1. The van der Waals surface area contributed by atoms with E-state index in [1.807, 2.05) is 0 Å². The van der Waals surface area contributed by atoms with Crippen LogP contribution < -0.4 is 14.8 Å². The van der Waals surface area contributed by atoms with Crippen LogP contribution in [0, 0.1) is 0 Å². The number of rotatable bonds is 6. The molecule has 1 aromatic heterocycles. The Bertz CT molecular complexity index is 1570. The predicted molar refractivity (Wildman–Crippen MR) is 128 cm³/mol. The van der Waals surface area contributed by atoms with Crippen LogP contribution in [0.2, 0.25) is 0 Å². The number of carbonyl (C=O) groups is 3. The van der Waals surface area contributed by atoms with Gasteiger partial charge in [-0.05, 0) is 36.8 Å². The number of halogens is 3. The highest BCUT2D eigenvalue weighted by atomic mass is 19.4. The predicted octanol–water partition coefficient (Wildman–Crippen LogP) is 5.46. The summed E-state index contributed by atoms with van der Waals surface area (Å²) in [5.41, 5.74) is 0.501. The highest BCUT2D eigenvalue weighted by Gasteiger charge is 2.30. The van der Waals surface area contributed by atoms with Crippen LogP contribution in [-0.2, 0) is 17.5 Å². The van der Waals surface area contributed by atoms with Gasteiger partial charge in [0.15, 0.2) is 17.3 Å². The fourth-order valence-electron chi connectivity index (χ4n) is 4.24. The summed E-state index contributed by atoms with van der Waals surface area (Å²) in [6.07, 6.45) is -3.04. The summed E-state index contributed by atoms with van der Waals surface area (Å²) in [6.45, 7) is 1.33. The lowest BCUT2D eigenvalue weighted by Crippen LogP contribution is -2.23. The van der Waals surface area contributed by atoms with Crippen molar-refractivity contribution in [2.75, 3.05) is 12.1 Å². The number of amides is 1. The van der Waals surface area contributed by atoms with Crippen molar-refractivity contribution in [3.05, 3.63) is 89.1 Å². The Kier molecular flexibility index (Phi) is 5.94. The molecule has 37 heavy (non-hydrogen) atoms. The minimum atomic E-state index is -4.48. The normalized spacial score (nSPS) is 12.5. The van der Waals surface area contributed by atoms with Crippen molar-refractivity contribution in [1.82, 2.24) is 4.57 Å². The number of anilines is 1. The smallest absolute Gasteiger partial charge is 0.416 e. The summed E-state index contributed by atoms with van der Waals surface area (Å²) in [4.78, 5) is 38.3. The molecule has 1 amide bonds. The van der Waals surface area contributed by atoms with Gasteiger partial charge in [0.25, 0.3) is 11.7 Å². The maximum absolute atomic E-state index is 13.2. The van der Waals surface area contributed by atoms with Crippen LogP contribution in [-0.4, -0.2) is 28.8 Å². The average Bonchev–Trinajstić information content (AvgIpc) is 3.47. The van der Waals surface area contributed by atoms with Gasteiger partial charge in [0.2, 0.25) is 6.79 Å². The van der Waals surface area contributed by atoms with E-state index in [1.54, 1.807) is 34.9 Å². The number of hydrogen-bond acceptors (Lipinski definition) is 5. The van der Waals surface area contributed by atoms with Gasteiger partial charge in [-0.15, -0.1) is 0 Å². The molecule has 0 aliphatic carbocycles.